The molecule has 0 aliphatic carbocycles. The van der Waals surface area contributed by atoms with Crippen LogP contribution in [0.25, 0.3) is 10.2 Å². The second-order valence-electron chi connectivity index (χ2n) is 4.37. The molecule has 4 N–H and O–H groups in total. The molecule has 0 radical (unpaired) electrons. The third-order valence-electron chi connectivity index (χ3n) is 2.87. The predicted molar refractivity (Wildman–Crippen MR) is 85.7 cm³/mol. The van der Waals surface area contributed by atoms with E-state index in [9.17, 15) is 9.90 Å². The van der Waals surface area contributed by atoms with Gasteiger partial charge in [0.05, 0.1) is 21.5 Å². The largest absolute Gasteiger partial charge is 0.478 e. The molecule has 5 nitrogen and oxygen atoms in total. The Morgan fingerprint density at radius 1 is 1.29 bits per heavy atom. The fraction of sp³-hybridized carbons (Fsp3) is 0. The highest BCUT2D eigenvalue weighted by Gasteiger charge is 2.12. The highest BCUT2D eigenvalue weighted by atomic mass is 35.5. The van der Waals surface area contributed by atoms with Crippen molar-refractivity contribution in [2.75, 3.05) is 11.1 Å². The first-order valence-electron chi connectivity index (χ1n) is 5.99. The van der Waals surface area contributed by atoms with E-state index in [1.54, 1.807) is 18.2 Å². The van der Waals surface area contributed by atoms with Gasteiger partial charge < -0.3 is 16.2 Å². The molecule has 0 amide bonds. The summed E-state index contributed by atoms with van der Waals surface area (Å²) in [6.45, 7) is 0. The van der Waals surface area contributed by atoms with Gasteiger partial charge in [0.2, 0.25) is 0 Å². The zero-order valence-electron chi connectivity index (χ0n) is 10.6. The molecular weight excluding hydrogens is 310 g/mol. The number of rotatable bonds is 3. The van der Waals surface area contributed by atoms with E-state index >= 15 is 0 Å². The first-order valence-corrected chi connectivity index (χ1v) is 7.18. The van der Waals surface area contributed by atoms with Gasteiger partial charge in [-0.25, -0.2) is 9.78 Å². The van der Waals surface area contributed by atoms with Crippen LogP contribution in [0.4, 0.5) is 16.5 Å². The smallest absolute Gasteiger partial charge is 0.337 e. The van der Waals surface area contributed by atoms with Crippen molar-refractivity contribution in [3.8, 4) is 0 Å². The first kappa shape index (κ1) is 13.7. The van der Waals surface area contributed by atoms with Crippen LogP contribution in [0.15, 0.2) is 36.4 Å². The molecule has 7 heteroatoms. The third-order valence-corrected chi connectivity index (χ3v) is 4.03. The van der Waals surface area contributed by atoms with Crippen molar-refractivity contribution in [3.63, 3.8) is 0 Å². The minimum absolute atomic E-state index is 0.104. The molecule has 0 fully saturated rings. The standard InChI is InChI=1S/C14H10ClN3O2S/c15-7-1-3-11-12(5-7)21-14(18-11)17-10-4-2-8(16)6-9(10)13(19)20/h1-6H,16H2,(H,17,18)(H,19,20). The maximum absolute atomic E-state index is 11.3. The van der Waals surface area contributed by atoms with E-state index in [0.29, 0.717) is 21.5 Å². The minimum Gasteiger partial charge on any atom is -0.478 e. The second-order valence-corrected chi connectivity index (χ2v) is 5.83. The number of nitrogen functional groups attached to an aromatic ring is 1. The Bertz CT molecular complexity index is 847. The highest BCUT2D eigenvalue weighted by Crippen LogP contribution is 2.31. The van der Waals surface area contributed by atoms with Crippen LogP contribution in [0.1, 0.15) is 10.4 Å². The molecule has 1 heterocycles. The fourth-order valence-electron chi connectivity index (χ4n) is 1.91. The number of carboxylic acid groups (broad SMARTS) is 1. The fourth-order valence-corrected chi connectivity index (χ4v) is 3.07. The lowest BCUT2D eigenvalue weighted by molar-refractivity contribution is 0.0698. The lowest BCUT2D eigenvalue weighted by Gasteiger charge is -2.07. The van der Waals surface area contributed by atoms with E-state index in [0.717, 1.165) is 10.2 Å². The van der Waals surface area contributed by atoms with Gasteiger partial charge in [-0.1, -0.05) is 22.9 Å². The van der Waals surface area contributed by atoms with E-state index in [-0.39, 0.29) is 5.56 Å². The second kappa shape index (κ2) is 5.23. The van der Waals surface area contributed by atoms with Gasteiger partial charge in [-0.2, -0.15) is 0 Å². The van der Waals surface area contributed by atoms with Crippen molar-refractivity contribution in [1.82, 2.24) is 4.98 Å². The van der Waals surface area contributed by atoms with Gasteiger partial charge in [0.25, 0.3) is 0 Å². The Balaban J connectivity index is 2.00. The number of fused-ring (bicyclic) bond motifs is 1. The molecule has 3 aromatic rings. The van der Waals surface area contributed by atoms with E-state index in [1.165, 1.54) is 17.4 Å². The van der Waals surface area contributed by atoms with Crippen molar-refractivity contribution in [3.05, 3.63) is 47.0 Å². The zero-order chi connectivity index (χ0) is 15.0. The molecule has 0 spiro atoms. The summed E-state index contributed by atoms with van der Waals surface area (Å²) in [6.07, 6.45) is 0. The molecule has 21 heavy (non-hydrogen) atoms. The molecule has 0 saturated heterocycles. The summed E-state index contributed by atoms with van der Waals surface area (Å²) in [6, 6.07) is 10.1. The van der Waals surface area contributed by atoms with Gasteiger partial charge in [0, 0.05) is 10.7 Å². The van der Waals surface area contributed by atoms with E-state index in [2.05, 4.69) is 10.3 Å². The van der Waals surface area contributed by atoms with Crippen molar-refractivity contribution >= 4 is 55.6 Å². The van der Waals surface area contributed by atoms with Crippen molar-refractivity contribution in [1.29, 1.82) is 0 Å². The van der Waals surface area contributed by atoms with Crippen LogP contribution in [-0.4, -0.2) is 16.1 Å². The average molecular weight is 320 g/mol. The molecule has 2 aromatic carbocycles. The molecule has 0 unspecified atom stereocenters. The van der Waals surface area contributed by atoms with Crippen LogP contribution in [0.2, 0.25) is 5.02 Å². The number of thiazole rings is 1. The Labute approximate surface area is 129 Å². The number of nitrogens with one attached hydrogen (secondary N) is 1. The van der Waals surface area contributed by atoms with Gasteiger partial charge in [-0.3, -0.25) is 0 Å². The van der Waals surface area contributed by atoms with Crippen LogP contribution >= 0.6 is 22.9 Å². The normalized spacial score (nSPS) is 10.7. The Morgan fingerprint density at radius 2 is 2.10 bits per heavy atom. The van der Waals surface area contributed by atoms with Crippen LogP contribution in [-0.2, 0) is 0 Å². The number of benzene rings is 2. The highest BCUT2D eigenvalue weighted by molar-refractivity contribution is 7.22. The summed E-state index contributed by atoms with van der Waals surface area (Å²) >= 11 is 7.34. The van der Waals surface area contributed by atoms with E-state index in [4.69, 9.17) is 17.3 Å². The monoisotopic (exact) mass is 319 g/mol. The SMILES string of the molecule is Nc1ccc(Nc2nc3ccc(Cl)cc3s2)c(C(=O)O)c1. The first-order chi connectivity index (χ1) is 10.0. The number of aromatic nitrogens is 1. The maximum Gasteiger partial charge on any atom is 0.337 e. The lowest BCUT2D eigenvalue weighted by Crippen LogP contribution is -2.03. The number of aromatic carboxylic acids is 1. The maximum atomic E-state index is 11.3. The molecule has 0 atom stereocenters. The van der Waals surface area contributed by atoms with E-state index < -0.39 is 5.97 Å². The number of halogens is 1. The summed E-state index contributed by atoms with van der Waals surface area (Å²) < 4.78 is 0.928. The Morgan fingerprint density at radius 3 is 2.86 bits per heavy atom. The minimum atomic E-state index is -1.05. The van der Waals surface area contributed by atoms with Gasteiger partial charge in [-0.15, -0.1) is 0 Å². The molecule has 106 valence electrons. The van der Waals surface area contributed by atoms with Gasteiger partial charge in [-0.05, 0) is 36.4 Å². The molecule has 0 aliphatic heterocycles. The van der Waals surface area contributed by atoms with Crippen molar-refractivity contribution in [2.45, 2.75) is 0 Å². The number of hydrogen-bond donors (Lipinski definition) is 3. The summed E-state index contributed by atoms with van der Waals surface area (Å²) in [5, 5.41) is 13.5. The quantitative estimate of drug-likeness (QED) is 0.636. The zero-order valence-corrected chi connectivity index (χ0v) is 12.2. The lowest BCUT2D eigenvalue weighted by atomic mass is 10.1. The molecule has 3 rings (SSSR count). The molecule has 0 aliphatic rings. The predicted octanol–water partition coefficient (Wildman–Crippen LogP) is 3.97. The van der Waals surface area contributed by atoms with E-state index in [1.807, 2.05) is 12.1 Å². The third kappa shape index (κ3) is 2.76. The van der Waals surface area contributed by atoms with Crippen molar-refractivity contribution in [2.24, 2.45) is 0 Å². The number of hydrogen-bond acceptors (Lipinski definition) is 5. The topological polar surface area (TPSA) is 88.2 Å². The molecule has 1 aromatic heterocycles. The van der Waals surface area contributed by atoms with Crippen LogP contribution in [0.5, 0.6) is 0 Å². The van der Waals surface area contributed by atoms with Crippen LogP contribution in [0, 0.1) is 0 Å². The number of carbonyl (C=O) groups is 1. The number of nitrogens with two attached hydrogens (primary N) is 1. The summed E-state index contributed by atoms with van der Waals surface area (Å²) in [5.74, 6) is -1.05. The summed E-state index contributed by atoms with van der Waals surface area (Å²) in [7, 11) is 0. The van der Waals surface area contributed by atoms with Crippen molar-refractivity contribution < 1.29 is 9.90 Å². The number of nitrogens with zero attached hydrogens (tertiary/aromatic N) is 1. The molecule has 0 saturated carbocycles. The van der Waals surface area contributed by atoms with Gasteiger partial charge in [0.1, 0.15) is 0 Å². The number of anilines is 3. The van der Waals surface area contributed by atoms with Gasteiger partial charge >= 0.3 is 5.97 Å². The van der Waals surface area contributed by atoms with Crippen LogP contribution < -0.4 is 11.1 Å². The average Bonchev–Trinajstić information content (AvgIpc) is 2.82. The Kier molecular flexibility index (Phi) is 3.40. The number of carboxylic acids is 1. The Hall–Kier alpha value is -2.31. The van der Waals surface area contributed by atoms with Gasteiger partial charge in [0.15, 0.2) is 5.13 Å². The molecular formula is C14H10ClN3O2S. The molecule has 0 bridgehead atoms. The van der Waals surface area contributed by atoms with Crippen LogP contribution in [0.3, 0.4) is 0 Å². The summed E-state index contributed by atoms with van der Waals surface area (Å²) in [4.78, 5) is 15.6. The summed E-state index contributed by atoms with van der Waals surface area (Å²) in [5.41, 5.74) is 7.37.